The van der Waals surface area contributed by atoms with Crippen LogP contribution in [0.25, 0.3) is 0 Å². The van der Waals surface area contributed by atoms with Gasteiger partial charge in [0.25, 0.3) is 0 Å². The summed E-state index contributed by atoms with van der Waals surface area (Å²) in [5, 5.41) is 8.82. The van der Waals surface area contributed by atoms with Gasteiger partial charge < -0.3 is 10.0 Å². The van der Waals surface area contributed by atoms with E-state index >= 15 is 0 Å². The molecule has 4 nitrogen and oxygen atoms in total. The molecule has 3 rings (SSSR count). The molecule has 3 saturated carbocycles. The molecule has 0 aromatic rings. The fraction of sp³-hybridized carbons (Fsp3) is 0.714. The summed E-state index contributed by atoms with van der Waals surface area (Å²) in [6.45, 7) is -0.162. The number of carboxylic acid groups (broad SMARTS) is 1. The van der Waals surface area contributed by atoms with Gasteiger partial charge in [-0.3, -0.25) is 9.59 Å². The number of aliphatic carboxylic acids is 1. The van der Waals surface area contributed by atoms with Crippen LogP contribution in [0.1, 0.15) is 19.3 Å². The Morgan fingerprint density at radius 2 is 1.89 bits per heavy atom. The molecule has 0 heterocycles. The summed E-state index contributed by atoms with van der Waals surface area (Å²) in [7, 11) is 0. The van der Waals surface area contributed by atoms with Gasteiger partial charge in [0.05, 0.1) is 6.54 Å². The van der Waals surface area contributed by atoms with Gasteiger partial charge in [-0.05, 0) is 42.9 Å². The van der Waals surface area contributed by atoms with E-state index < -0.39 is 5.97 Å². The maximum Gasteiger partial charge on any atom is 0.323 e. The molecule has 0 saturated heterocycles. The molecule has 0 radical (unpaired) electrons. The van der Waals surface area contributed by atoms with Gasteiger partial charge in [0.15, 0.2) is 0 Å². The average molecular weight is 247 g/mol. The van der Waals surface area contributed by atoms with E-state index in [1.165, 1.54) is 24.2 Å². The molecule has 1 amide bonds. The SMILES string of the molecule is C#CCN(CC(=O)O)C(=O)C1C2C3CCC(C3)C12. The molecule has 4 unspecified atom stereocenters. The lowest BCUT2D eigenvalue weighted by Crippen LogP contribution is -2.38. The number of hydrogen-bond donors (Lipinski definition) is 1. The largest absolute Gasteiger partial charge is 0.480 e. The molecule has 4 heteroatoms. The van der Waals surface area contributed by atoms with Gasteiger partial charge in [0.2, 0.25) is 5.91 Å². The molecule has 96 valence electrons. The van der Waals surface area contributed by atoms with Gasteiger partial charge in [0.1, 0.15) is 6.54 Å². The van der Waals surface area contributed by atoms with Gasteiger partial charge in [0, 0.05) is 5.92 Å². The zero-order chi connectivity index (χ0) is 12.9. The number of carbonyl (C=O) groups is 2. The van der Waals surface area contributed by atoms with Gasteiger partial charge in [-0.1, -0.05) is 5.92 Å². The third kappa shape index (κ3) is 1.61. The maximum atomic E-state index is 12.3. The molecular formula is C14H17NO3. The first-order valence-electron chi connectivity index (χ1n) is 6.57. The highest BCUT2D eigenvalue weighted by Gasteiger charge is 2.67. The molecule has 3 fully saturated rings. The van der Waals surface area contributed by atoms with Crippen LogP contribution in [0, 0.1) is 41.9 Å². The second-order valence-corrected chi connectivity index (χ2v) is 5.81. The third-order valence-corrected chi connectivity index (χ3v) is 4.94. The van der Waals surface area contributed by atoms with Crippen molar-refractivity contribution in [1.29, 1.82) is 0 Å². The van der Waals surface area contributed by atoms with Gasteiger partial charge in [-0.2, -0.15) is 0 Å². The molecule has 0 aromatic heterocycles. The predicted octanol–water partition coefficient (Wildman–Crippen LogP) is 0.825. The fourth-order valence-electron chi connectivity index (χ4n) is 4.35. The van der Waals surface area contributed by atoms with Crippen molar-refractivity contribution in [3.05, 3.63) is 0 Å². The highest BCUT2D eigenvalue weighted by atomic mass is 16.4. The van der Waals surface area contributed by atoms with E-state index in [-0.39, 0.29) is 24.9 Å². The molecule has 18 heavy (non-hydrogen) atoms. The van der Waals surface area contributed by atoms with Crippen LogP contribution in [0.2, 0.25) is 0 Å². The minimum absolute atomic E-state index is 0.0260. The number of amides is 1. The molecule has 0 spiro atoms. The zero-order valence-electron chi connectivity index (χ0n) is 10.2. The molecule has 3 aliphatic carbocycles. The van der Waals surface area contributed by atoms with Crippen LogP contribution in [-0.2, 0) is 9.59 Å². The molecule has 2 bridgehead atoms. The summed E-state index contributed by atoms with van der Waals surface area (Å²) < 4.78 is 0. The van der Waals surface area contributed by atoms with Crippen molar-refractivity contribution >= 4 is 11.9 Å². The Labute approximate surface area is 106 Å². The van der Waals surface area contributed by atoms with Crippen LogP contribution < -0.4 is 0 Å². The first-order valence-corrected chi connectivity index (χ1v) is 6.57. The monoisotopic (exact) mass is 247 g/mol. The zero-order valence-corrected chi connectivity index (χ0v) is 10.2. The highest BCUT2D eigenvalue weighted by molar-refractivity contribution is 5.86. The summed E-state index contributed by atoms with van der Waals surface area (Å²) in [5.41, 5.74) is 0. The number of rotatable bonds is 4. The van der Waals surface area contributed by atoms with E-state index in [1.54, 1.807) is 0 Å². The lowest BCUT2D eigenvalue weighted by molar-refractivity contribution is -0.144. The van der Waals surface area contributed by atoms with E-state index in [0.29, 0.717) is 23.7 Å². The lowest BCUT2D eigenvalue weighted by atomic mass is 10.0. The predicted molar refractivity (Wildman–Crippen MR) is 64.3 cm³/mol. The second kappa shape index (κ2) is 4.01. The first-order chi connectivity index (χ1) is 8.63. The topological polar surface area (TPSA) is 57.6 Å². The van der Waals surface area contributed by atoms with Crippen molar-refractivity contribution < 1.29 is 14.7 Å². The van der Waals surface area contributed by atoms with Crippen LogP contribution in [0.3, 0.4) is 0 Å². The molecule has 1 N–H and O–H groups in total. The molecule has 0 aromatic carbocycles. The molecule has 4 atom stereocenters. The standard InChI is InChI=1S/C14H17NO3/c1-2-5-15(7-10(16)17)14(18)13-11-8-3-4-9(6-8)12(11)13/h1,8-9,11-13H,3-7H2,(H,16,17). The van der Waals surface area contributed by atoms with E-state index in [2.05, 4.69) is 5.92 Å². The van der Waals surface area contributed by atoms with Gasteiger partial charge >= 0.3 is 5.97 Å². The average Bonchev–Trinajstić information content (AvgIpc) is 2.75. The Balaban J connectivity index is 1.68. The number of carboxylic acids is 1. The molecule has 0 aliphatic heterocycles. The quantitative estimate of drug-likeness (QED) is 0.748. The van der Waals surface area contributed by atoms with Crippen LogP contribution in [0.4, 0.5) is 0 Å². The normalized spacial score (nSPS) is 38.9. The van der Waals surface area contributed by atoms with Crippen LogP contribution in [-0.4, -0.2) is 35.0 Å². The number of nitrogens with zero attached hydrogens (tertiary/aromatic N) is 1. The summed E-state index contributed by atoms with van der Waals surface area (Å²) in [6.07, 6.45) is 9.00. The Bertz CT molecular complexity index is 423. The van der Waals surface area contributed by atoms with E-state index in [4.69, 9.17) is 11.5 Å². The summed E-state index contributed by atoms with van der Waals surface area (Å²) in [5.74, 6) is 3.93. The van der Waals surface area contributed by atoms with Crippen LogP contribution >= 0.6 is 0 Å². The Hall–Kier alpha value is -1.50. The number of terminal acetylenes is 1. The van der Waals surface area contributed by atoms with Gasteiger partial charge in [-0.25, -0.2) is 0 Å². The lowest BCUT2D eigenvalue weighted by Gasteiger charge is -2.19. The second-order valence-electron chi connectivity index (χ2n) is 5.81. The Kier molecular flexibility index (Phi) is 2.58. The minimum atomic E-state index is -0.993. The highest BCUT2D eigenvalue weighted by Crippen LogP contribution is 2.69. The maximum absolute atomic E-state index is 12.3. The van der Waals surface area contributed by atoms with Crippen molar-refractivity contribution in [2.24, 2.45) is 29.6 Å². The van der Waals surface area contributed by atoms with E-state index in [9.17, 15) is 9.59 Å². The van der Waals surface area contributed by atoms with Gasteiger partial charge in [-0.15, -0.1) is 6.42 Å². The van der Waals surface area contributed by atoms with Crippen LogP contribution in [0.5, 0.6) is 0 Å². The third-order valence-electron chi connectivity index (χ3n) is 4.94. The summed E-state index contributed by atoms with van der Waals surface area (Å²) >= 11 is 0. The Morgan fingerprint density at radius 3 is 2.39 bits per heavy atom. The minimum Gasteiger partial charge on any atom is -0.480 e. The number of hydrogen-bond acceptors (Lipinski definition) is 2. The fourth-order valence-corrected chi connectivity index (χ4v) is 4.35. The van der Waals surface area contributed by atoms with Crippen molar-refractivity contribution in [3.8, 4) is 12.3 Å². The van der Waals surface area contributed by atoms with Crippen LogP contribution in [0.15, 0.2) is 0 Å². The van der Waals surface area contributed by atoms with Crippen molar-refractivity contribution in [1.82, 2.24) is 4.90 Å². The van der Waals surface area contributed by atoms with E-state index in [0.717, 1.165) is 0 Å². The molecule has 3 aliphatic rings. The number of fused-ring (bicyclic) bond motifs is 5. The Morgan fingerprint density at radius 1 is 1.28 bits per heavy atom. The van der Waals surface area contributed by atoms with Crippen molar-refractivity contribution in [2.75, 3.05) is 13.1 Å². The smallest absolute Gasteiger partial charge is 0.323 e. The summed E-state index contributed by atoms with van der Waals surface area (Å²) in [4.78, 5) is 24.4. The summed E-state index contributed by atoms with van der Waals surface area (Å²) in [6, 6.07) is 0. The van der Waals surface area contributed by atoms with Crippen molar-refractivity contribution in [3.63, 3.8) is 0 Å². The van der Waals surface area contributed by atoms with Crippen molar-refractivity contribution in [2.45, 2.75) is 19.3 Å². The molecular weight excluding hydrogens is 230 g/mol. The van der Waals surface area contributed by atoms with E-state index in [1.807, 2.05) is 0 Å². The number of carbonyl (C=O) groups excluding carboxylic acids is 1. The first kappa shape index (κ1) is 11.6.